The van der Waals surface area contributed by atoms with Crippen LogP contribution < -0.4 is 10.2 Å². The second kappa shape index (κ2) is 9.14. The Labute approximate surface area is 212 Å². The number of pyridine rings is 2. The molecule has 192 valence electrons. The number of piperidine rings is 1. The van der Waals surface area contributed by atoms with Gasteiger partial charge in [-0.05, 0) is 54.7 Å². The summed E-state index contributed by atoms with van der Waals surface area (Å²) in [5.41, 5.74) is 6.93. The molecule has 5 heterocycles. The van der Waals surface area contributed by atoms with Gasteiger partial charge < -0.3 is 15.2 Å². The third-order valence-corrected chi connectivity index (χ3v) is 7.49. The fourth-order valence-corrected chi connectivity index (χ4v) is 5.37. The lowest BCUT2D eigenvalue weighted by atomic mass is 9.94. The molecule has 0 amide bonds. The van der Waals surface area contributed by atoms with Crippen LogP contribution in [0, 0.1) is 25.1 Å². The van der Waals surface area contributed by atoms with Crippen molar-refractivity contribution < 1.29 is 4.39 Å². The van der Waals surface area contributed by atoms with Crippen molar-refractivity contribution in [2.75, 3.05) is 24.5 Å². The molecule has 7 nitrogen and oxygen atoms in total. The average molecular weight is 492 g/mol. The molecule has 1 aliphatic rings. The molecular formula is C28H38FN7. The summed E-state index contributed by atoms with van der Waals surface area (Å²) >= 11 is 0. The lowest BCUT2D eigenvalue weighted by Gasteiger charge is -2.34. The largest absolute Gasteiger partial charge is 0.354 e. The van der Waals surface area contributed by atoms with Gasteiger partial charge in [0.25, 0.3) is 0 Å². The Bertz CT molecular complexity index is 1400. The van der Waals surface area contributed by atoms with Crippen LogP contribution in [0.25, 0.3) is 27.8 Å². The van der Waals surface area contributed by atoms with Gasteiger partial charge in [0.05, 0.1) is 17.4 Å². The van der Waals surface area contributed by atoms with Crippen LogP contribution in [0.3, 0.4) is 0 Å². The van der Waals surface area contributed by atoms with E-state index in [1.54, 1.807) is 17.0 Å². The Hall–Kier alpha value is -3.00. The van der Waals surface area contributed by atoms with Crippen molar-refractivity contribution in [1.82, 2.24) is 29.9 Å². The number of hydrogen-bond acceptors (Lipinski definition) is 5. The first-order valence-corrected chi connectivity index (χ1v) is 13.0. The number of hydrogen-bond donors (Lipinski definition) is 2. The molecule has 0 aromatic carbocycles. The summed E-state index contributed by atoms with van der Waals surface area (Å²) in [5.74, 6) is 0.358. The Morgan fingerprint density at radius 3 is 2.53 bits per heavy atom. The van der Waals surface area contributed by atoms with Crippen LogP contribution in [0.4, 0.5) is 10.2 Å². The van der Waals surface area contributed by atoms with E-state index in [0.29, 0.717) is 17.2 Å². The summed E-state index contributed by atoms with van der Waals surface area (Å²) in [6.07, 6.45) is 7.33. The molecule has 0 aliphatic carbocycles. The highest BCUT2D eigenvalue weighted by molar-refractivity contribution is 5.94. The number of nitrogens with zero attached hydrogens (tertiary/aromatic N) is 5. The van der Waals surface area contributed by atoms with E-state index < -0.39 is 0 Å². The fraction of sp³-hybridized carbons (Fsp3) is 0.536. The van der Waals surface area contributed by atoms with Crippen LogP contribution >= 0.6 is 0 Å². The highest BCUT2D eigenvalue weighted by Gasteiger charge is 2.28. The Kier molecular flexibility index (Phi) is 6.27. The first-order chi connectivity index (χ1) is 17.0. The van der Waals surface area contributed by atoms with Crippen molar-refractivity contribution in [3.8, 4) is 11.3 Å². The highest BCUT2D eigenvalue weighted by atomic mass is 19.1. The molecule has 1 aliphatic heterocycles. The van der Waals surface area contributed by atoms with E-state index in [-0.39, 0.29) is 17.2 Å². The van der Waals surface area contributed by atoms with Gasteiger partial charge in [0.15, 0.2) is 17.3 Å². The smallest absolute Gasteiger partial charge is 0.175 e. The topological polar surface area (TPSA) is 74.1 Å². The van der Waals surface area contributed by atoms with Crippen LogP contribution in [0.2, 0.25) is 0 Å². The first kappa shape index (κ1) is 24.7. The van der Waals surface area contributed by atoms with E-state index in [0.717, 1.165) is 71.6 Å². The number of fused-ring (bicyclic) bond motifs is 2. The van der Waals surface area contributed by atoms with Crippen LogP contribution in [0.1, 0.15) is 70.1 Å². The Balaban J connectivity index is 1.52. The molecule has 1 fully saturated rings. The maximum Gasteiger partial charge on any atom is 0.175 e. The monoisotopic (exact) mass is 491 g/mol. The minimum Gasteiger partial charge on any atom is -0.354 e. The number of aryl methyl sites for hydroxylation is 1. The van der Waals surface area contributed by atoms with E-state index in [2.05, 4.69) is 78.7 Å². The van der Waals surface area contributed by atoms with E-state index in [9.17, 15) is 0 Å². The number of anilines is 1. The summed E-state index contributed by atoms with van der Waals surface area (Å²) < 4.78 is 18.0. The molecule has 0 saturated carbocycles. The Morgan fingerprint density at radius 1 is 1.14 bits per heavy atom. The third kappa shape index (κ3) is 4.36. The van der Waals surface area contributed by atoms with E-state index >= 15 is 4.39 Å². The van der Waals surface area contributed by atoms with Gasteiger partial charge in [-0.2, -0.15) is 5.10 Å². The van der Waals surface area contributed by atoms with Gasteiger partial charge in [-0.3, -0.25) is 0 Å². The van der Waals surface area contributed by atoms with Crippen LogP contribution in [0.5, 0.6) is 0 Å². The maximum absolute atomic E-state index is 16.2. The van der Waals surface area contributed by atoms with Gasteiger partial charge in [0, 0.05) is 42.8 Å². The zero-order chi connectivity index (χ0) is 25.8. The van der Waals surface area contributed by atoms with Crippen molar-refractivity contribution in [3.63, 3.8) is 0 Å². The molecule has 4 aromatic rings. The predicted octanol–water partition coefficient (Wildman–Crippen LogP) is 5.76. The zero-order valence-corrected chi connectivity index (χ0v) is 22.5. The van der Waals surface area contributed by atoms with Crippen molar-refractivity contribution in [2.45, 2.75) is 73.3 Å². The van der Waals surface area contributed by atoms with E-state index in [1.807, 2.05) is 6.20 Å². The molecule has 0 radical (unpaired) electrons. The van der Waals surface area contributed by atoms with Gasteiger partial charge in [0.1, 0.15) is 6.33 Å². The number of H-pyrrole nitrogens is 1. The molecule has 0 spiro atoms. The van der Waals surface area contributed by atoms with Crippen LogP contribution in [-0.4, -0.2) is 50.2 Å². The molecule has 0 atom stereocenters. The van der Waals surface area contributed by atoms with Gasteiger partial charge >= 0.3 is 0 Å². The SMILES string of the molecule is Cc1c(-c2[nH]c3cnc(N4CCC(NCC(C)(C)C)CC4)c(F)c3c2C(C)C)cn2ncnc2c1C. The standard InChI is InChI=1S/C28H38FN7/c1-16(2)22-23-21(34-25(22)20-13-36-26(32-15-33-36)18(4)17(20)3)12-30-27(24(23)29)35-10-8-19(9-11-35)31-14-28(5,6)7/h12-13,15-16,19,31,34H,8-11,14H2,1-7H3. The van der Waals surface area contributed by atoms with Crippen LogP contribution in [-0.2, 0) is 0 Å². The minimum absolute atomic E-state index is 0.122. The highest BCUT2D eigenvalue weighted by Crippen LogP contribution is 2.40. The number of rotatable bonds is 5. The van der Waals surface area contributed by atoms with Crippen molar-refractivity contribution in [1.29, 1.82) is 0 Å². The normalized spacial score (nSPS) is 15.6. The molecule has 2 N–H and O–H groups in total. The molecule has 36 heavy (non-hydrogen) atoms. The van der Waals surface area contributed by atoms with Gasteiger partial charge in [-0.25, -0.2) is 18.9 Å². The molecular weight excluding hydrogens is 453 g/mol. The van der Waals surface area contributed by atoms with Gasteiger partial charge in [0.2, 0.25) is 0 Å². The molecule has 0 unspecified atom stereocenters. The first-order valence-electron chi connectivity index (χ1n) is 13.0. The molecule has 8 heteroatoms. The Morgan fingerprint density at radius 2 is 1.86 bits per heavy atom. The molecule has 0 bridgehead atoms. The minimum atomic E-state index is -0.226. The number of aromatic nitrogens is 5. The second-order valence-corrected chi connectivity index (χ2v) is 11.8. The quantitative estimate of drug-likeness (QED) is 0.371. The number of halogens is 1. The van der Waals surface area contributed by atoms with Crippen molar-refractivity contribution >= 4 is 22.4 Å². The summed E-state index contributed by atoms with van der Waals surface area (Å²) in [6.45, 7) is 17.7. The fourth-order valence-electron chi connectivity index (χ4n) is 5.37. The lowest BCUT2D eigenvalue weighted by molar-refractivity contribution is 0.323. The summed E-state index contributed by atoms with van der Waals surface area (Å²) in [5, 5.41) is 8.69. The average Bonchev–Trinajstić information content (AvgIpc) is 3.45. The van der Waals surface area contributed by atoms with Gasteiger partial charge in [-0.1, -0.05) is 34.6 Å². The maximum atomic E-state index is 16.2. The zero-order valence-electron chi connectivity index (χ0n) is 22.5. The summed E-state index contributed by atoms with van der Waals surface area (Å²) in [6, 6.07) is 0.468. The predicted molar refractivity (Wildman–Crippen MR) is 144 cm³/mol. The van der Waals surface area contributed by atoms with Crippen molar-refractivity contribution in [2.24, 2.45) is 5.41 Å². The molecule has 5 rings (SSSR count). The molecule has 4 aromatic heterocycles. The van der Waals surface area contributed by atoms with E-state index in [1.165, 1.54) is 0 Å². The number of nitrogens with one attached hydrogen (secondary N) is 2. The lowest BCUT2D eigenvalue weighted by Crippen LogP contribution is -2.45. The summed E-state index contributed by atoms with van der Waals surface area (Å²) in [7, 11) is 0. The summed E-state index contributed by atoms with van der Waals surface area (Å²) in [4.78, 5) is 14.6. The second-order valence-electron chi connectivity index (χ2n) is 11.8. The third-order valence-electron chi connectivity index (χ3n) is 7.49. The van der Waals surface area contributed by atoms with Crippen LogP contribution in [0.15, 0.2) is 18.7 Å². The molecule has 1 saturated heterocycles. The van der Waals surface area contributed by atoms with E-state index in [4.69, 9.17) is 0 Å². The van der Waals surface area contributed by atoms with Crippen molar-refractivity contribution in [3.05, 3.63) is 41.2 Å². The van der Waals surface area contributed by atoms with Gasteiger partial charge in [-0.15, -0.1) is 0 Å². The number of aromatic amines is 1.